The molecule has 0 heterocycles. The molecule has 0 aromatic heterocycles. The third-order valence-corrected chi connectivity index (χ3v) is 2.74. The van der Waals surface area contributed by atoms with Crippen molar-refractivity contribution in [2.24, 2.45) is 0 Å². The van der Waals surface area contributed by atoms with Gasteiger partial charge < -0.3 is 9.84 Å². The van der Waals surface area contributed by atoms with Crippen LogP contribution in [-0.4, -0.2) is 12.2 Å². The zero-order valence-corrected chi connectivity index (χ0v) is 9.60. The molecule has 16 heavy (non-hydrogen) atoms. The largest absolute Gasteiger partial charge is 0.389 e. The normalized spacial score (nSPS) is 12.9. The van der Waals surface area contributed by atoms with Crippen LogP contribution in [0.3, 0.4) is 0 Å². The number of ether oxygens (including phenoxy) is 1. The van der Waals surface area contributed by atoms with E-state index in [-0.39, 0.29) is 0 Å². The van der Waals surface area contributed by atoms with E-state index in [2.05, 4.69) is 24.3 Å². The molecular weight excluding hydrogens is 200 g/mol. The SMILES string of the molecule is COCc1ccc2cccc(C(C)O)c2c1. The van der Waals surface area contributed by atoms with Crippen LogP contribution in [0.5, 0.6) is 0 Å². The van der Waals surface area contributed by atoms with Crippen molar-refractivity contribution in [2.75, 3.05) is 7.11 Å². The summed E-state index contributed by atoms with van der Waals surface area (Å²) in [6, 6.07) is 12.2. The Kier molecular flexibility index (Phi) is 3.22. The third-order valence-electron chi connectivity index (χ3n) is 2.74. The second kappa shape index (κ2) is 4.64. The highest BCUT2D eigenvalue weighted by atomic mass is 16.5. The molecule has 0 spiro atoms. The summed E-state index contributed by atoms with van der Waals surface area (Å²) in [5.74, 6) is 0. The summed E-state index contributed by atoms with van der Waals surface area (Å²) in [4.78, 5) is 0. The van der Waals surface area contributed by atoms with E-state index in [0.29, 0.717) is 6.61 Å². The highest BCUT2D eigenvalue weighted by molar-refractivity contribution is 5.86. The van der Waals surface area contributed by atoms with Crippen LogP contribution in [0.4, 0.5) is 0 Å². The van der Waals surface area contributed by atoms with Crippen LogP contribution in [0.1, 0.15) is 24.2 Å². The van der Waals surface area contributed by atoms with E-state index in [0.717, 1.165) is 21.9 Å². The van der Waals surface area contributed by atoms with Gasteiger partial charge in [-0.3, -0.25) is 0 Å². The fourth-order valence-electron chi connectivity index (χ4n) is 1.96. The molecule has 0 saturated heterocycles. The first-order chi connectivity index (χ1) is 7.72. The highest BCUT2D eigenvalue weighted by Crippen LogP contribution is 2.25. The Hall–Kier alpha value is -1.38. The van der Waals surface area contributed by atoms with Gasteiger partial charge in [-0.25, -0.2) is 0 Å². The molecule has 1 atom stereocenters. The number of hydrogen-bond donors (Lipinski definition) is 1. The topological polar surface area (TPSA) is 29.5 Å². The molecule has 0 saturated carbocycles. The van der Waals surface area contributed by atoms with Gasteiger partial charge in [0.1, 0.15) is 0 Å². The summed E-state index contributed by atoms with van der Waals surface area (Å²) in [6.45, 7) is 2.39. The van der Waals surface area contributed by atoms with Crippen molar-refractivity contribution in [1.29, 1.82) is 0 Å². The summed E-state index contributed by atoms with van der Waals surface area (Å²) >= 11 is 0. The standard InChI is InChI=1S/C14H16O2/c1-10(15)13-5-3-4-12-7-6-11(9-16-2)8-14(12)13/h3-8,10,15H,9H2,1-2H3. The van der Waals surface area contributed by atoms with Crippen LogP contribution in [0.25, 0.3) is 10.8 Å². The molecule has 84 valence electrons. The summed E-state index contributed by atoms with van der Waals surface area (Å²) in [6.07, 6.45) is -0.443. The Labute approximate surface area is 95.5 Å². The van der Waals surface area contributed by atoms with E-state index in [1.165, 1.54) is 0 Å². The number of methoxy groups -OCH3 is 1. The van der Waals surface area contributed by atoms with E-state index >= 15 is 0 Å². The predicted molar refractivity (Wildman–Crippen MR) is 65.3 cm³/mol. The minimum absolute atomic E-state index is 0.443. The number of hydrogen-bond acceptors (Lipinski definition) is 2. The summed E-state index contributed by atoms with van der Waals surface area (Å²) < 4.78 is 5.11. The number of aliphatic hydroxyl groups excluding tert-OH is 1. The molecule has 2 heteroatoms. The van der Waals surface area contributed by atoms with Gasteiger partial charge in [-0.15, -0.1) is 0 Å². The molecule has 2 nitrogen and oxygen atoms in total. The average molecular weight is 216 g/mol. The molecule has 2 aromatic rings. The van der Waals surface area contributed by atoms with Crippen molar-refractivity contribution in [3.05, 3.63) is 47.5 Å². The Balaban J connectivity index is 2.59. The number of aliphatic hydroxyl groups is 1. The molecule has 0 fully saturated rings. The van der Waals surface area contributed by atoms with Crippen molar-refractivity contribution >= 4 is 10.8 Å². The zero-order chi connectivity index (χ0) is 11.5. The Morgan fingerprint density at radius 1 is 1.25 bits per heavy atom. The van der Waals surface area contributed by atoms with E-state index in [9.17, 15) is 5.11 Å². The van der Waals surface area contributed by atoms with Crippen molar-refractivity contribution in [2.45, 2.75) is 19.6 Å². The molecule has 0 aliphatic rings. The van der Waals surface area contributed by atoms with Crippen LogP contribution in [0.2, 0.25) is 0 Å². The quantitative estimate of drug-likeness (QED) is 0.854. The second-order valence-electron chi connectivity index (χ2n) is 4.01. The lowest BCUT2D eigenvalue weighted by atomic mass is 9.99. The van der Waals surface area contributed by atoms with E-state index in [1.54, 1.807) is 14.0 Å². The maximum Gasteiger partial charge on any atom is 0.0767 e. The minimum atomic E-state index is -0.443. The van der Waals surface area contributed by atoms with Gasteiger partial charge in [-0.05, 0) is 34.9 Å². The Morgan fingerprint density at radius 3 is 2.75 bits per heavy atom. The zero-order valence-electron chi connectivity index (χ0n) is 9.60. The fourth-order valence-corrected chi connectivity index (χ4v) is 1.96. The first kappa shape index (κ1) is 11.1. The molecule has 0 radical (unpaired) electrons. The number of benzene rings is 2. The predicted octanol–water partition coefficient (Wildman–Crippen LogP) is 3.04. The van der Waals surface area contributed by atoms with Gasteiger partial charge in [0.05, 0.1) is 12.7 Å². The molecule has 0 aliphatic carbocycles. The maximum atomic E-state index is 9.71. The van der Waals surface area contributed by atoms with Crippen LogP contribution >= 0.6 is 0 Å². The van der Waals surface area contributed by atoms with Gasteiger partial charge >= 0.3 is 0 Å². The van der Waals surface area contributed by atoms with Gasteiger partial charge in [0.25, 0.3) is 0 Å². The van der Waals surface area contributed by atoms with Crippen molar-refractivity contribution in [1.82, 2.24) is 0 Å². The van der Waals surface area contributed by atoms with Crippen LogP contribution < -0.4 is 0 Å². The first-order valence-corrected chi connectivity index (χ1v) is 5.41. The van der Waals surface area contributed by atoms with Gasteiger partial charge in [-0.1, -0.05) is 30.3 Å². The average Bonchev–Trinajstić information content (AvgIpc) is 2.28. The first-order valence-electron chi connectivity index (χ1n) is 5.41. The van der Waals surface area contributed by atoms with E-state index in [1.807, 2.05) is 12.1 Å². The van der Waals surface area contributed by atoms with E-state index in [4.69, 9.17) is 4.74 Å². The molecule has 0 bridgehead atoms. The van der Waals surface area contributed by atoms with Crippen LogP contribution in [-0.2, 0) is 11.3 Å². The monoisotopic (exact) mass is 216 g/mol. The van der Waals surface area contributed by atoms with Gasteiger partial charge in [0, 0.05) is 7.11 Å². The lowest BCUT2D eigenvalue weighted by Crippen LogP contribution is -1.94. The minimum Gasteiger partial charge on any atom is -0.389 e. The van der Waals surface area contributed by atoms with Crippen molar-refractivity contribution < 1.29 is 9.84 Å². The lowest BCUT2D eigenvalue weighted by molar-refractivity contribution is 0.185. The second-order valence-corrected chi connectivity index (χ2v) is 4.01. The lowest BCUT2D eigenvalue weighted by Gasteiger charge is -2.10. The number of rotatable bonds is 3. The maximum absolute atomic E-state index is 9.71. The Morgan fingerprint density at radius 2 is 2.06 bits per heavy atom. The van der Waals surface area contributed by atoms with Crippen molar-refractivity contribution in [3.63, 3.8) is 0 Å². The summed E-state index contributed by atoms with van der Waals surface area (Å²) in [7, 11) is 1.69. The molecule has 2 aromatic carbocycles. The molecule has 0 aliphatic heterocycles. The van der Waals surface area contributed by atoms with Gasteiger partial charge in [0.2, 0.25) is 0 Å². The van der Waals surface area contributed by atoms with Gasteiger partial charge in [-0.2, -0.15) is 0 Å². The van der Waals surface area contributed by atoms with Gasteiger partial charge in [0.15, 0.2) is 0 Å². The smallest absolute Gasteiger partial charge is 0.0767 e. The third kappa shape index (κ3) is 2.08. The molecule has 1 N–H and O–H groups in total. The summed E-state index contributed by atoms with van der Waals surface area (Å²) in [5, 5.41) is 12.0. The van der Waals surface area contributed by atoms with Crippen LogP contribution in [0, 0.1) is 0 Å². The summed E-state index contributed by atoms with van der Waals surface area (Å²) in [5.41, 5.74) is 2.10. The fraction of sp³-hybridized carbons (Fsp3) is 0.286. The molecular formula is C14H16O2. The van der Waals surface area contributed by atoms with E-state index < -0.39 is 6.10 Å². The number of fused-ring (bicyclic) bond motifs is 1. The highest BCUT2D eigenvalue weighted by Gasteiger charge is 2.06. The molecule has 0 amide bonds. The van der Waals surface area contributed by atoms with Crippen molar-refractivity contribution in [3.8, 4) is 0 Å². The van der Waals surface area contributed by atoms with Crippen LogP contribution in [0.15, 0.2) is 36.4 Å². The molecule has 2 rings (SSSR count). The molecule has 1 unspecified atom stereocenters. The Bertz CT molecular complexity index is 489.